The van der Waals surface area contributed by atoms with Crippen LogP contribution in [0.1, 0.15) is 26.7 Å². The number of carbonyl (C=O) groups is 1. The van der Waals surface area contributed by atoms with E-state index in [-0.39, 0.29) is 23.9 Å². The Balaban J connectivity index is 2.11. The van der Waals surface area contributed by atoms with Gasteiger partial charge in [-0.2, -0.15) is 4.31 Å². The second-order valence-corrected chi connectivity index (χ2v) is 9.62. The summed E-state index contributed by atoms with van der Waals surface area (Å²) in [6.45, 7) is 2.30. The van der Waals surface area contributed by atoms with E-state index in [4.69, 9.17) is 5.11 Å². The highest BCUT2D eigenvalue weighted by Gasteiger charge is 2.39. The van der Waals surface area contributed by atoms with Crippen molar-refractivity contribution in [3.8, 4) is 0 Å². The van der Waals surface area contributed by atoms with E-state index in [2.05, 4.69) is 5.32 Å². The molecular weight excluding hydrogens is 362 g/mol. The molecule has 10 heteroatoms. The molecule has 0 aliphatic carbocycles. The van der Waals surface area contributed by atoms with E-state index in [1.54, 1.807) is 13.8 Å². The Morgan fingerprint density at radius 1 is 1.38 bits per heavy atom. The van der Waals surface area contributed by atoms with Gasteiger partial charge in [0.1, 0.15) is 4.21 Å². The highest BCUT2D eigenvalue weighted by Crippen LogP contribution is 2.34. The molecule has 0 atom stereocenters. The molecule has 0 bridgehead atoms. The van der Waals surface area contributed by atoms with E-state index in [0.717, 1.165) is 15.6 Å². The summed E-state index contributed by atoms with van der Waals surface area (Å²) in [6.07, 6.45) is -0.988. The van der Waals surface area contributed by atoms with E-state index < -0.39 is 40.1 Å². The first-order valence-electron chi connectivity index (χ1n) is 7.38. The zero-order valence-corrected chi connectivity index (χ0v) is 15.0. The van der Waals surface area contributed by atoms with E-state index in [9.17, 15) is 22.0 Å². The third-order valence-electron chi connectivity index (χ3n) is 3.88. The van der Waals surface area contributed by atoms with Gasteiger partial charge in [0, 0.05) is 25.9 Å². The minimum atomic E-state index is -3.85. The number of nitrogens with one attached hydrogen (secondary N) is 1. The molecule has 136 valence electrons. The second-order valence-electron chi connectivity index (χ2n) is 6.37. The Labute approximate surface area is 143 Å². The zero-order valence-electron chi connectivity index (χ0n) is 13.4. The van der Waals surface area contributed by atoms with Crippen molar-refractivity contribution < 1.29 is 27.1 Å². The van der Waals surface area contributed by atoms with Crippen LogP contribution in [0.2, 0.25) is 0 Å². The Bertz CT molecular complexity index is 706. The van der Waals surface area contributed by atoms with Crippen LogP contribution in [-0.2, 0) is 14.8 Å². The van der Waals surface area contributed by atoms with Crippen molar-refractivity contribution in [3.63, 3.8) is 0 Å². The predicted octanol–water partition coefficient (Wildman–Crippen LogP) is 2.12. The zero-order chi connectivity index (χ0) is 18.2. The third kappa shape index (κ3) is 4.11. The smallest absolute Gasteiger partial charge is 0.252 e. The van der Waals surface area contributed by atoms with Crippen molar-refractivity contribution in [2.75, 3.05) is 25.0 Å². The molecule has 2 rings (SSSR count). The minimum Gasteiger partial charge on any atom is -0.395 e. The van der Waals surface area contributed by atoms with Gasteiger partial charge in [-0.05, 0) is 26.0 Å². The van der Waals surface area contributed by atoms with Gasteiger partial charge in [-0.1, -0.05) is 0 Å². The summed E-state index contributed by atoms with van der Waals surface area (Å²) in [4.78, 5) is 12.0. The molecule has 1 aliphatic heterocycles. The molecule has 1 fully saturated rings. The van der Waals surface area contributed by atoms with Crippen LogP contribution in [0.3, 0.4) is 0 Å². The van der Waals surface area contributed by atoms with E-state index >= 15 is 0 Å². The number of piperidine rings is 1. The van der Waals surface area contributed by atoms with Gasteiger partial charge in [0.15, 0.2) is 0 Å². The van der Waals surface area contributed by atoms with Crippen LogP contribution in [0.4, 0.5) is 13.8 Å². The number of anilines is 1. The molecule has 6 nitrogen and oxygen atoms in total. The molecule has 1 amide bonds. The van der Waals surface area contributed by atoms with Crippen molar-refractivity contribution in [1.82, 2.24) is 4.31 Å². The normalized spacial score (nSPS) is 19.2. The molecule has 1 aromatic rings. The molecule has 0 radical (unpaired) electrons. The van der Waals surface area contributed by atoms with Crippen LogP contribution < -0.4 is 5.32 Å². The van der Waals surface area contributed by atoms with Crippen molar-refractivity contribution >= 4 is 32.3 Å². The number of thiophene rings is 1. The summed E-state index contributed by atoms with van der Waals surface area (Å²) >= 11 is 0.858. The highest BCUT2D eigenvalue weighted by atomic mass is 32.2. The Morgan fingerprint density at radius 3 is 2.50 bits per heavy atom. The SMILES string of the molecule is CC(C)(CO)C(=O)Nc1ccc(S(=O)(=O)N2CCC(F)(F)CC2)s1. The van der Waals surface area contributed by atoms with Crippen molar-refractivity contribution in [3.05, 3.63) is 12.1 Å². The molecule has 24 heavy (non-hydrogen) atoms. The van der Waals surface area contributed by atoms with Gasteiger partial charge >= 0.3 is 0 Å². The summed E-state index contributed by atoms with van der Waals surface area (Å²) in [5.74, 6) is -3.26. The molecule has 0 aromatic carbocycles. The van der Waals surface area contributed by atoms with Crippen molar-refractivity contribution in [2.24, 2.45) is 5.41 Å². The second kappa shape index (κ2) is 6.66. The largest absolute Gasteiger partial charge is 0.395 e. The first-order valence-corrected chi connectivity index (χ1v) is 9.64. The fourth-order valence-corrected chi connectivity index (χ4v) is 4.86. The van der Waals surface area contributed by atoms with E-state index in [0.29, 0.717) is 5.00 Å². The van der Waals surface area contributed by atoms with Gasteiger partial charge in [0.2, 0.25) is 5.91 Å². The highest BCUT2D eigenvalue weighted by molar-refractivity contribution is 7.91. The minimum absolute atomic E-state index is 0.00943. The topological polar surface area (TPSA) is 86.7 Å². The quantitative estimate of drug-likeness (QED) is 0.817. The number of nitrogens with zero attached hydrogens (tertiary/aromatic N) is 1. The number of sulfonamides is 1. The van der Waals surface area contributed by atoms with Gasteiger partial charge < -0.3 is 10.4 Å². The van der Waals surface area contributed by atoms with Gasteiger partial charge in [0.25, 0.3) is 15.9 Å². The van der Waals surface area contributed by atoms with Gasteiger partial charge in [-0.15, -0.1) is 11.3 Å². The standard InChI is InChI=1S/C14H20F2N2O4S2/c1-13(2,9-19)12(20)17-10-3-4-11(23-10)24(21,22)18-7-5-14(15,16)6-8-18/h3-4,19H,5-9H2,1-2H3,(H,17,20). The van der Waals surface area contributed by atoms with Crippen molar-refractivity contribution in [2.45, 2.75) is 36.8 Å². The van der Waals surface area contributed by atoms with Crippen LogP contribution in [0.25, 0.3) is 0 Å². The molecule has 1 saturated heterocycles. The van der Waals surface area contributed by atoms with Crippen LogP contribution in [0.15, 0.2) is 16.3 Å². The first kappa shape index (κ1) is 19.2. The lowest BCUT2D eigenvalue weighted by Gasteiger charge is -2.30. The lowest BCUT2D eigenvalue weighted by atomic mass is 9.94. The van der Waals surface area contributed by atoms with Crippen LogP contribution in [-0.4, -0.2) is 49.4 Å². The number of hydrogen-bond donors (Lipinski definition) is 2. The summed E-state index contributed by atoms with van der Waals surface area (Å²) in [7, 11) is -3.85. The van der Waals surface area contributed by atoms with Crippen molar-refractivity contribution in [1.29, 1.82) is 0 Å². The molecular formula is C14H20F2N2O4S2. The number of rotatable bonds is 5. The average Bonchev–Trinajstić information content (AvgIpc) is 2.96. The maximum Gasteiger partial charge on any atom is 0.252 e. The fourth-order valence-electron chi connectivity index (χ4n) is 2.06. The fraction of sp³-hybridized carbons (Fsp3) is 0.643. The number of alkyl halides is 2. The summed E-state index contributed by atoms with van der Waals surface area (Å²) in [5, 5.41) is 12.0. The maximum atomic E-state index is 13.2. The Morgan fingerprint density at radius 2 is 1.96 bits per heavy atom. The number of aliphatic hydroxyl groups is 1. The van der Waals surface area contributed by atoms with Gasteiger partial charge in [0.05, 0.1) is 17.0 Å². The lowest BCUT2D eigenvalue weighted by Crippen LogP contribution is -2.42. The Kier molecular flexibility index (Phi) is 5.34. The molecule has 1 aromatic heterocycles. The van der Waals surface area contributed by atoms with E-state index in [1.807, 2.05) is 0 Å². The number of carbonyl (C=O) groups excluding carboxylic acids is 1. The van der Waals surface area contributed by atoms with Crippen LogP contribution in [0, 0.1) is 5.41 Å². The third-order valence-corrected chi connectivity index (χ3v) is 7.24. The number of hydrogen-bond acceptors (Lipinski definition) is 5. The summed E-state index contributed by atoms with van der Waals surface area (Å²) in [6, 6.07) is 2.79. The van der Waals surface area contributed by atoms with Gasteiger partial charge in [-0.25, -0.2) is 17.2 Å². The van der Waals surface area contributed by atoms with Crippen LogP contribution >= 0.6 is 11.3 Å². The summed E-state index contributed by atoms with van der Waals surface area (Å²) < 4.78 is 52.4. The molecule has 2 N–H and O–H groups in total. The molecule has 0 spiro atoms. The molecule has 0 unspecified atom stereocenters. The predicted molar refractivity (Wildman–Crippen MR) is 86.8 cm³/mol. The van der Waals surface area contributed by atoms with Gasteiger partial charge in [-0.3, -0.25) is 4.79 Å². The monoisotopic (exact) mass is 382 g/mol. The number of aliphatic hydroxyl groups excluding tert-OH is 1. The number of amides is 1. The molecule has 1 aliphatic rings. The van der Waals surface area contributed by atoms with Crippen LogP contribution in [0.5, 0.6) is 0 Å². The maximum absolute atomic E-state index is 13.2. The summed E-state index contributed by atoms with van der Waals surface area (Å²) in [5.41, 5.74) is -0.999. The lowest BCUT2D eigenvalue weighted by molar-refractivity contribution is -0.125. The Hall–Kier alpha value is -1.10. The molecule has 2 heterocycles. The first-order chi connectivity index (χ1) is 11.0. The number of halogens is 2. The van der Waals surface area contributed by atoms with E-state index in [1.165, 1.54) is 12.1 Å². The average molecular weight is 382 g/mol. The molecule has 0 saturated carbocycles.